The third-order valence-electron chi connectivity index (χ3n) is 3.54. The molecule has 0 saturated heterocycles. The van der Waals surface area contributed by atoms with Crippen molar-refractivity contribution < 1.29 is 0 Å². The second-order valence-corrected chi connectivity index (χ2v) is 5.14. The molecule has 6 heteroatoms. The van der Waals surface area contributed by atoms with Crippen LogP contribution in [0.4, 0.5) is 5.95 Å². The Morgan fingerprint density at radius 2 is 1.89 bits per heavy atom. The van der Waals surface area contributed by atoms with Crippen LogP contribution in [0, 0.1) is 0 Å². The summed E-state index contributed by atoms with van der Waals surface area (Å²) in [5.41, 5.74) is 0. The summed E-state index contributed by atoms with van der Waals surface area (Å²) in [4.78, 5) is 10.8. The summed E-state index contributed by atoms with van der Waals surface area (Å²) in [7, 11) is 0. The number of fused-ring (bicyclic) bond motifs is 1. The van der Waals surface area contributed by atoms with Crippen molar-refractivity contribution >= 4 is 5.95 Å². The van der Waals surface area contributed by atoms with Gasteiger partial charge in [-0.1, -0.05) is 13.8 Å². The quantitative estimate of drug-likeness (QED) is 0.821. The highest BCUT2D eigenvalue weighted by atomic mass is 15.4. The van der Waals surface area contributed by atoms with Crippen LogP contribution in [0.5, 0.6) is 0 Å². The van der Waals surface area contributed by atoms with E-state index in [0.29, 0.717) is 5.92 Å². The van der Waals surface area contributed by atoms with Gasteiger partial charge in [0.2, 0.25) is 5.95 Å². The van der Waals surface area contributed by atoms with E-state index in [1.54, 1.807) is 12.4 Å². The van der Waals surface area contributed by atoms with Crippen LogP contribution >= 0.6 is 0 Å². The molecule has 1 unspecified atom stereocenters. The van der Waals surface area contributed by atoms with Crippen molar-refractivity contribution in [2.75, 3.05) is 11.4 Å². The molecule has 19 heavy (non-hydrogen) atoms. The van der Waals surface area contributed by atoms with Crippen LogP contribution in [-0.2, 0) is 6.54 Å². The molecule has 0 fully saturated rings. The maximum atomic E-state index is 4.35. The number of anilines is 1. The molecule has 0 aliphatic carbocycles. The molecule has 100 valence electrons. The van der Waals surface area contributed by atoms with Gasteiger partial charge in [-0.3, -0.25) is 0 Å². The maximum absolute atomic E-state index is 4.35. The molecule has 0 spiro atoms. The summed E-state index contributed by atoms with van der Waals surface area (Å²) < 4.78 is 2.23. The smallest absolute Gasteiger partial charge is 0.225 e. The number of aromatic nitrogens is 5. The fourth-order valence-electron chi connectivity index (χ4n) is 2.55. The maximum Gasteiger partial charge on any atom is 0.225 e. The Kier molecular flexibility index (Phi) is 2.93. The van der Waals surface area contributed by atoms with Crippen molar-refractivity contribution in [2.24, 2.45) is 0 Å². The zero-order chi connectivity index (χ0) is 13.4. The minimum atomic E-state index is 0.149. The molecule has 0 aromatic carbocycles. The van der Waals surface area contributed by atoms with Gasteiger partial charge >= 0.3 is 0 Å². The second-order valence-electron chi connectivity index (χ2n) is 5.14. The Bertz CT molecular complexity index is 562. The van der Waals surface area contributed by atoms with Crippen LogP contribution in [0.1, 0.15) is 44.4 Å². The molecule has 1 aliphatic heterocycles. The molecule has 3 heterocycles. The molecule has 0 amide bonds. The van der Waals surface area contributed by atoms with Crippen LogP contribution in [0.2, 0.25) is 0 Å². The standard InChI is InChI=1S/C13H18N6/c1-9(2)11-16-17-12-10(3)18(7-8-19(11)12)13-14-5-4-6-15-13/h4-6,9-10H,7-8H2,1-3H3. The first-order valence-corrected chi connectivity index (χ1v) is 6.65. The molecule has 0 saturated carbocycles. The molecule has 2 aromatic heterocycles. The van der Waals surface area contributed by atoms with Gasteiger partial charge in [-0.05, 0) is 13.0 Å². The molecular weight excluding hydrogens is 240 g/mol. The van der Waals surface area contributed by atoms with Crippen molar-refractivity contribution in [2.45, 2.75) is 39.3 Å². The lowest BCUT2D eigenvalue weighted by Gasteiger charge is -2.33. The van der Waals surface area contributed by atoms with Crippen molar-refractivity contribution in [1.29, 1.82) is 0 Å². The van der Waals surface area contributed by atoms with Crippen LogP contribution < -0.4 is 4.90 Å². The Morgan fingerprint density at radius 1 is 1.16 bits per heavy atom. The van der Waals surface area contributed by atoms with Gasteiger partial charge in [-0.2, -0.15) is 0 Å². The van der Waals surface area contributed by atoms with Crippen molar-refractivity contribution in [3.8, 4) is 0 Å². The first-order valence-electron chi connectivity index (χ1n) is 6.65. The summed E-state index contributed by atoms with van der Waals surface area (Å²) >= 11 is 0. The summed E-state index contributed by atoms with van der Waals surface area (Å²) in [6, 6.07) is 1.98. The van der Waals surface area contributed by atoms with E-state index in [9.17, 15) is 0 Å². The van der Waals surface area contributed by atoms with Gasteiger partial charge in [0.15, 0.2) is 5.82 Å². The van der Waals surface area contributed by atoms with Crippen LogP contribution in [0.15, 0.2) is 18.5 Å². The first-order chi connectivity index (χ1) is 9.18. The van der Waals surface area contributed by atoms with E-state index >= 15 is 0 Å². The van der Waals surface area contributed by atoms with Crippen LogP contribution in [-0.4, -0.2) is 31.3 Å². The fraction of sp³-hybridized carbons (Fsp3) is 0.538. The first kappa shape index (κ1) is 12.1. The van der Waals surface area contributed by atoms with E-state index < -0.39 is 0 Å². The minimum Gasteiger partial charge on any atom is -0.329 e. The average molecular weight is 258 g/mol. The van der Waals surface area contributed by atoms with E-state index in [0.717, 1.165) is 30.7 Å². The number of hydrogen-bond acceptors (Lipinski definition) is 5. The molecular formula is C13H18N6. The lowest BCUT2D eigenvalue weighted by Crippen LogP contribution is -2.38. The average Bonchev–Trinajstić information content (AvgIpc) is 2.85. The van der Waals surface area contributed by atoms with Gasteiger partial charge < -0.3 is 9.47 Å². The molecule has 0 bridgehead atoms. The highest BCUT2D eigenvalue weighted by Crippen LogP contribution is 2.28. The molecule has 2 aromatic rings. The van der Waals surface area contributed by atoms with E-state index in [4.69, 9.17) is 0 Å². The Morgan fingerprint density at radius 3 is 2.58 bits per heavy atom. The van der Waals surface area contributed by atoms with Gasteiger partial charge in [-0.15, -0.1) is 10.2 Å². The number of rotatable bonds is 2. The highest BCUT2D eigenvalue weighted by molar-refractivity contribution is 5.33. The highest BCUT2D eigenvalue weighted by Gasteiger charge is 2.29. The predicted molar refractivity (Wildman–Crippen MR) is 71.9 cm³/mol. The molecule has 3 rings (SSSR count). The van der Waals surface area contributed by atoms with Gasteiger partial charge in [0, 0.05) is 31.4 Å². The second kappa shape index (κ2) is 4.60. The van der Waals surface area contributed by atoms with E-state index in [2.05, 4.69) is 50.4 Å². The van der Waals surface area contributed by atoms with Crippen molar-refractivity contribution in [1.82, 2.24) is 24.7 Å². The Hall–Kier alpha value is -1.98. The van der Waals surface area contributed by atoms with E-state index in [1.807, 2.05) is 6.07 Å². The SMILES string of the molecule is CC(C)c1nnc2n1CCN(c1ncccn1)C2C. The summed E-state index contributed by atoms with van der Waals surface area (Å²) in [5, 5.41) is 8.67. The van der Waals surface area contributed by atoms with Gasteiger partial charge in [-0.25, -0.2) is 9.97 Å². The van der Waals surface area contributed by atoms with Gasteiger partial charge in [0.1, 0.15) is 5.82 Å². The van der Waals surface area contributed by atoms with Gasteiger partial charge in [0.05, 0.1) is 6.04 Å². The third-order valence-corrected chi connectivity index (χ3v) is 3.54. The van der Waals surface area contributed by atoms with Crippen molar-refractivity contribution in [3.05, 3.63) is 30.1 Å². The molecule has 6 nitrogen and oxygen atoms in total. The number of nitrogens with zero attached hydrogens (tertiary/aromatic N) is 6. The van der Waals surface area contributed by atoms with E-state index in [1.165, 1.54) is 0 Å². The van der Waals surface area contributed by atoms with E-state index in [-0.39, 0.29) is 6.04 Å². The lowest BCUT2D eigenvalue weighted by molar-refractivity contribution is 0.473. The van der Waals surface area contributed by atoms with Gasteiger partial charge in [0.25, 0.3) is 0 Å². The Balaban J connectivity index is 1.95. The Labute approximate surface area is 112 Å². The minimum absolute atomic E-state index is 0.149. The zero-order valence-corrected chi connectivity index (χ0v) is 11.5. The van der Waals surface area contributed by atoms with Crippen LogP contribution in [0.25, 0.3) is 0 Å². The third kappa shape index (κ3) is 1.97. The topological polar surface area (TPSA) is 59.7 Å². The monoisotopic (exact) mass is 258 g/mol. The summed E-state index contributed by atoms with van der Waals surface area (Å²) in [6.45, 7) is 8.19. The summed E-state index contributed by atoms with van der Waals surface area (Å²) in [5.74, 6) is 3.22. The molecule has 0 radical (unpaired) electrons. The van der Waals surface area contributed by atoms with Crippen molar-refractivity contribution in [3.63, 3.8) is 0 Å². The molecule has 1 aliphatic rings. The predicted octanol–water partition coefficient (Wildman–Crippen LogP) is 1.77. The zero-order valence-electron chi connectivity index (χ0n) is 11.5. The lowest BCUT2D eigenvalue weighted by atomic mass is 10.1. The van der Waals surface area contributed by atoms with Crippen LogP contribution in [0.3, 0.4) is 0 Å². The molecule has 0 N–H and O–H groups in total. The normalized spacial score (nSPS) is 18.7. The summed E-state index contributed by atoms with van der Waals surface area (Å²) in [6.07, 6.45) is 3.54. The fourth-order valence-corrected chi connectivity index (χ4v) is 2.55. The molecule has 1 atom stereocenters. The largest absolute Gasteiger partial charge is 0.329 e. The number of hydrogen-bond donors (Lipinski definition) is 0.